The summed E-state index contributed by atoms with van der Waals surface area (Å²) in [4.78, 5) is 35.4. The Balaban J connectivity index is 3.91. The van der Waals surface area contributed by atoms with Crippen molar-refractivity contribution in [2.45, 2.75) is 341 Å². The van der Waals surface area contributed by atoms with Crippen molar-refractivity contribution in [3.8, 4) is 0 Å². The first-order valence-corrected chi connectivity index (χ1v) is 37.9. The molecule has 0 aromatic rings. The smallest absolute Gasteiger partial charge is 0.462 e. The molecule has 0 heterocycles. The Bertz CT molecular complexity index is 1800. The van der Waals surface area contributed by atoms with E-state index in [1.54, 1.807) is 0 Å². The molecule has 0 aromatic heterocycles. The summed E-state index contributed by atoms with van der Waals surface area (Å²) < 4.78 is 33.1. The number of ether oxygens (including phenoxy) is 2. The first kappa shape index (κ1) is 83.7. The number of allylic oxidation sites excluding steroid dienone is 18. The lowest BCUT2D eigenvalue weighted by atomic mass is 10.0. The quantitative estimate of drug-likeness (QED) is 0.0264. The van der Waals surface area contributed by atoms with Gasteiger partial charge in [-0.2, -0.15) is 0 Å². The fraction of sp³-hybridized carbons (Fsp3) is 0.740. The monoisotopic (exact) mass is 1230 g/mol. The van der Waals surface area contributed by atoms with E-state index >= 15 is 0 Å². The molecule has 3 N–H and O–H groups in total. The van der Waals surface area contributed by atoms with Crippen molar-refractivity contribution in [3.63, 3.8) is 0 Å². The summed E-state index contributed by atoms with van der Waals surface area (Å²) >= 11 is 0. The number of esters is 2. The van der Waals surface area contributed by atoms with E-state index < -0.39 is 26.5 Å². The van der Waals surface area contributed by atoms with E-state index in [9.17, 15) is 19.0 Å². The van der Waals surface area contributed by atoms with Gasteiger partial charge in [-0.1, -0.05) is 348 Å². The highest BCUT2D eigenvalue weighted by atomic mass is 31.2. The molecule has 0 saturated heterocycles. The van der Waals surface area contributed by atoms with Crippen LogP contribution in [0.5, 0.6) is 0 Å². The van der Waals surface area contributed by atoms with E-state index in [1.165, 1.54) is 205 Å². The fourth-order valence-electron chi connectivity index (χ4n) is 10.3. The molecule has 10 heteroatoms. The molecular formula is C77H136NO8P. The number of rotatable bonds is 68. The Morgan fingerprint density at radius 3 is 0.943 bits per heavy atom. The molecule has 0 aliphatic heterocycles. The van der Waals surface area contributed by atoms with Gasteiger partial charge in [0.2, 0.25) is 0 Å². The Kier molecular flexibility index (Phi) is 69.0. The molecule has 0 rings (SSSR count). The summed E-state index contributed by atoms with van der Waals surface area (Å²) in [5.74, 6) is -0.860. The van der Waals surface area contributed by atoms with Crippen LogP contribution in [0.2, 0.25) is 0 Å². The summed E-state index contributed by atoms with van der Waals surface area (Å²) in [5, 5.41) is 0. The van der Waals surface area contributed by atoms with Gasteiger partial charge in [-0.05, 0) is 83.5 Å². The van der Waals surface area contributed by atoms with Crippen molar-refractivity contribution < 1.29 is 37.6 Å². The molecule has 9 nitrogen and oxygen atoms in total. The first-order chi connectivity index (χ1) is 42.8. The van der Waals surface area contributed by atoms with Crippen LogP contribution in [0.3, 0.4) is 0 Å². The molecule has 2 unspecified atom stereocenters. The van der Waals surface area contributed by atoms with E-state index in [2.05, 4.69) is 123 Å². The number of phosphoric acid groups is 1. The van der Waals surface area contributed by atoms with Gasteiger partial charge in [-0.15, -0.1) is 0 Å². The molecule has 0 radical (unpaired) electrons. The number of phosphoric ester groups is 1. The third-order valence-corrected chi connectivity index (χ3v) is 16.7. The summed E-state index contributed by atoms with van der Waals surface area (Å²) in [6.07, 6.45) is 99.2. The largest absolute Gasteiger partial charge is 0.472 e. The third-order valence-electron chi connectivity index (χ3n) is 15.7. The molecule has 2 atom stereocenters. The molecule has 0 bridgehead atoms. The molecule has 0 aromatic carbocycles. The van der Waals surface area contributed by atoms with E-state index in [0.717, 1.165) is 96.3 Å². The van der Waals surface area contributed by atoms with Gasteiger partial charge in [0.15, 0.2) is 6.10 Å². The molecule has 0 saturated carbocycles. The van der Waals surface area contributed by atoms with Crippen LogP contribution in [0, 0.1) is 0 Å². The lowest BCUT2D eigenvalue weighted by Gasteiger charge is -2.19. The number of nitrogens with two attached hydrogens (primary N) is 1. The standard InChI is InChI=1S/C77H136NO8P/c1-3-5-7-9-11-13-15-17-19-21-23-25-27-29-31-33-35-36-37-38-40-41-43-45-47-49-51-53-55-57-59-61-63-65-67-69-76(79)83-73-75(74-85-87(81,82)84-72-71-78)86-77(80)70-68-66-64-62-60-58-56-54-52-50-48-46-44-42-39-34-32-30-28-26-24-22-20-18-16-14-12-10-8-6-4-2/h6,8,12,14,18,20,24,26,30,32,39,42,46,48,52,54,58,60,75H,3-5,7,9-11,13,15-17,19,21-23,25,27-29,31,33-38,40-41,43-45,47,49-51,53,55-57,59,61-74,78H2,1-2H3,(H,81,82)/b8-6-,14-12-,20-18-,26-24-,32-30-,42-39-,48-46-,54-52-,60-58-. The van der Waals surface area contributed by atoms with Crippen LogP contribution >= 0.6 is 7.82 Å². The number of carbonyl (C=O) groups is 2. The average Bonchev–Trinajstić information content (AvgIpc) is 3.66. The predicted octanol–water partition coefficient (Wildman–Crippen LogP) is 24.1. The van der Waals surface area contributed by atoms with Crippen LogP contribution in [-0.2, 0) is 32.7 Å². The number of unbranched alkanes of at least 4 members (excludes halogenated alkanes) is 37. The van der Waals surface area contributed by atoms with E-state index in [1.807, 2.05) is 0 Å². The van der Waals surface area contributed by atoms with Crippen LogP contribution in [-0.4, -0.2) is 49.3 Å². The maximum atomic E-state index is 12.8. The molecule has 0 spiro atoms. The van der Waals surface area contributed by atoms with Crippen LogP contribution in [0.15, 0.2) is 109 Å². The normalized spacial score (nSPS) is 13.6. The Morgan fingerprint density at radius 2 is 0.632 bits per heavy atom. The second-order valence-corrected chi connectivity index (χ2v) is 25.5. The van der Waals surface area contributed by atoms with E-state index in [-0.39, 0.29) is 38.6 Å². The van der Waals surface area contributed by atoms with Crippen LogP contribution < -0.4 is 5.73 Å². The highest BCUT2D eigenvalue weighted by Gasteiger charge is 2.26. The second-order valence-electron chi connectivity index (χ2n) is 24.1. The van der Waals surface area contributed by atoms with Crippen LogP contribution in [0.1, 0.15) is 335 Å². The van der Waals surface area contributed by atoms with Gasteiger partial charge in [0.05, 0.1) is 13.2 Å². The molecule has 0 fully saturated rings. The van der Waals surface area contributed by atoms with Gasteiger partial charge in [0, 0.05) is 19.4 Å². The minimum Gasteiger partial charge on any atom is -0.462 e. The molecule has 87 heavy (non-hydrogen) atoms. The zero-order valence-electron chi connectivity index (χ0n) is 56.5. The van der Waals surface area contributed by atoms with Crippen molar-refractivity contribution in [3.05, 3.63) is 109 Å². The second kappa shape index (κ2) is 71.7. The van der Waals surface area contributed by atoms with Crippen LogP contribution in [0.4, 0.5) is 0 Å². The predicted molar refractivity (Wildman–Crippen MR) is 376 cm³/mol. The van der Waals surface area contributed by atoms with Gasteiger partial charge in [-0.25, -0.2) is 4.57 Å². The summed E-state index contributed by atoms with van der Waals surface area (Å²) in [6, 6.07) is 0. The first-order valence-electron chi connectivity index (χ1n) is 36.4. The zero-order valence-corrected chi connectivity index (χ0v) is 57.4. The third kappa shape index (κ3) is 71.6. The highest BCUT2D eigenvalue weighted by Crippen LogP contribution is 2.43. The maximum Gasteiger partial charge on any atom is 0.472 e. The SMILES string of the molecule is CC/C=C\C/C=C\C/C=C\C/C=C\C/C=C\C/C=C\C/C=C\C/C=C\C/C=C\CCCCCC(=O)OC(COC(=O)CCCCCCCCCCCCCCCCCCCCCCCCCCCCCCCCCCCCC)COP(=O)(O)OCCN. The molecule has 502 valence electrons. The van der Waals surface area contributed by atoms with Gasteiger partial charge in [-0.3, -0.25) is 18.6 Å². The molecule has 0 amide bonds. The average molecular weight is 1230 g/mol. The molecular weight excluding hydrogens is 1100 g/mol. The minimum absolute atomic E-state index is 0.0433. The highest BCUT2D eigenvalue weighted by molar-refractivity contribution is 7.47. The van der Waals surface area contributed by atoms with Crippen molar-refractivity contribution in [2.24, 2.45) is 5.73 Å². The van der Waals surface area contributed by atoms with Gasteiger partial charge >= 0.3 is 19.8 Å². The topological polar surface area (TPSA) is 134 Å². The Morgan fingerprint density at radius 1 is 0.356 bits per heavy atom. The van der Waals surface area contributed by atoms with Gasteiger partial charge in [0.1, 0.15) is 6.61 Å². The number of carbonyl (C=O) groups excluding carboxylic acids is 2. The van der Waals surface area contributed by atoms with E-state index in [0.29, 0.717) is 6.42 Å². The van der Waals surface area contributed by atoms with Gasteiger partial charge in [0.25, 0.3) is 0 Å². The Labute approximate surface area is 537 Å². The van der Waals surface area contributed by atoms with Crippen molar-refractivity contribution in [1.82, 2.24) is 0 Å². The van der Waals surface area contributed by atoms with E-state index in [4.69, 9.17) is 24.3 Å². The Hall–Kier alpha value is -3.33. The molecule has 0 aliphatic rings. The van der Waals surface area contributed by atoms with Crippen LogP contribution in [0.25, 0.3) is 0 Å². The fourth-order valence-corrected chi connectivity index (χ4v) is 11.1. The van der Waals surface area contributed by atoms with Crippen molar-refractivity contribution >= 4 is 19.8 Å². The van der Waals surface area contributed by atoms with Gasteiger partial charge < -0.3 is 20.1 Å². The summed E-state index contributed by atoms with van der Waals surface area (Å²) in [7, 11) is -4.41. The van der Waals surface area contributed by atoms with Crippen molar-refractivity contribution in [2.75, 3.05) is 26.4 Å². The molecule has 0 aliphatic carbocycles. The van der Waals surface area contributed by atoms with Crippen molar-refractivity contribution in [1.29, 1.82) is 0 Å². The number of hydrogen-bond donors (Lipinski definition) is 2. The maximum absolute atomic E-state index is 12.8. The summed E-state index contributed by atoms with van der Waals surface area (Å²) in [5.41, 5.74) is 5.40. The summed E-state index contributed by atoms with van der Waals surface area (Å²) in [6.45, 7) is 3.63. The lowest BCUT2D eigenvalue weighted by molar-refractivity contribution is -0.161. The minimum atomic E-state index is -4.41. The zero-order chi connectivity index (χ0) is 63.0. The lowest BCUT2D eigenvalue weighted by Crippen LogP contribution is -2.29. The number of hydrogen-bond acceptors (Lipinski definition) is 8.